The van der Waals surface area contributed by atoms with Gasteiger partial charge in [-0.05, 0) is 11.6 Å². The van der Waals surface area contributed by atoms with Gasteiger partial charge in [-0.2, -0.15) is 0 Å². The highest BCUT2D eigenvalue weighted by molar-refractivity contribution is 5.73. The number of hydrogen-bond donors (Lipinski definition) is 3. The first kappa shape index (κ1) is 11.5. The van der Waals surface area contributed by atoms with Crippen molar-refractivity contribution in [2.45, 2.75) is 13.1 Å². The standard InChI is InChI=1S/C10H14FN3O/c1-13-10(15)14-6-8-3-2-7(5-12)4-9(8)11/h2-4H,5-6,12H2,1H3,(H2,13,14,15). The molecule has 0 atom stereocenters. The summed E-state index contributed by atoms with van der Waals surface area (Å²) in [5, 5.41) is 4.89. The second kappa shape index (κ2) is 5.31. The minimum Gasteiger partial charge on any atom is -0.341 e. The molecule has 1 aromatic carbocycles. The summed E-state index contributed by atoms with van der Waals surface area (Å²) in [6.07, 6.45) is 0. The van der Waals surface area contributed by atoms with E-state index in [9.17, 15) is 9.18 Å². The first-order valence-corrected chi connectivity index (χ1v) is 4.60. The summed E-state index contributed by atoms with van der Waals surface area (Å²) in [6.45, 7) is 0.469. The second-order valence-corrected chi connectivity index (χ2v) is 3.06. The zero-order chi connectivity index (χ0) is 11.3. The molecule has 2 amide bonds. The van der Waals surface area contributed by atoms with Crippen molar-refractivity contribution in [3.8, 4) is 0 Å². The van der Waals surface area contributed by atoms with Crippen LogP contribution in [-0.4, -0.2) is 13.1 Å². The van der Waals surface area contributed by atoms with Crippen molar-refractivity contribution in [3.05, 3.63) is 35.1 Å². The van der Waals surface area contributed by atoms with Crippen LogP contribution in [0.2, 0.25) is 0 Å². The maximum absolute atomic E-state index is 13.4. The zero-order valence-corrected chi connectivity index (χ0v) is 8.51. The van der Waals surface area contributed by atoms with E-state index in [4.69, 9.17) is 5.73 Å². The fourth-order valence-corrected chi connectivity index (χ4v) is 1.13. The van der Waals surface area contributed by atoms with Crippen LogP contribution in [0.3, 0.4) is 0 Å². The molecule has 0 aliphatic heterocycles. The van der Waals surface area contributed by atoms with Gasteiger partial charge in [0.1, 0.15) is 5.82 Å². The number of nitrogens with one attached hydrogen (secondary N) is 2. The lowest BCUT2D eigenvalue weighted by molar-refractivity contribution is 0.242. The SMILES string of the molecule is CNC(=O)NCc1ccc(CN)cc1F. The van der Waals surface area contributed by atoms with Crippen LogP contribution < -0.4 is 16.4 Å². The van der Waals surface area contributed by atoms with Crippen LogP contribution in [0.25, 0.3) is 0 Å². The summed E-state index contributed by atoms with van der Waals surface area (Å²) in [7, 11) is 1.50. The van der Waals surface area contributed by atoms with E-state index in [1.165, 1.54) is 13.1 Å². The van der Waals surface area contributed by atoms with E-state index in [-0.39, 0.29) is 18.4 Å². The number of rotatable bonds is 3. The van der Waals surface area contributed by atoms with Crippen molar-refractivity contribution < 1.29 is 9.18 Å². The lowest BCUT2D eigenvalue weighted by atomic mass is 10.1. The predicted molar refractivity (Wildman–Crippen MR) is 55.6 cm³/mol. The molecule has 0 aliphatic rings. The van der Waals surface area contributed by atoms with Gasteiger partial charge in [-0.1, -0.05) is 12.1 Å². The van der Waals surface area contributed by atoms with Crippen LogP contribution in [0.4, 0.5) is 9.18 Å². The van der Waals surface area contributed by atoms with Gasteiger partial charge in [0, 0.05) is 25.7 Å². The number of hydrogen-bond acceptors (Lipinski definition) is 2. The van der Waals surface area contributed by atoms with Gasteiger partial charge in [-0.25, -0.2) is 9.18 Å². The quantitative estimate of drug-likeness (QED) is 0.689. The van der Waals surface area contributed by atoms with E-state index >= 15 is 0 Å². The summed E-state index contributed by atoms with van der Waals surface area (Å²) < 4.78 is 13.4. The van der Waals surface area contributed by atoms with Gasteiger partial charge in [-0.3, -0.25) is 0 Å². The molecule has 1 aromatic rings. The van der Waals surface area contributed by atoms with Crippen LogP contribution in [0.5, 0.6) is 0 Å². The van der Waals surface area contributed by atoms with Gasteiger partial charge in [0.25, 0.3) is 0 Å². The number of carbonyl (C=O) groups excluding carboxylic acids is 1. The fourth-order valence-electron chi connectivity index (χ4n) is 1.13. The van der Waals surface area contributed by atoms with Crippen molar-refractivity contribution in [1.82, 2.24) is 10.6 Å². The molecule has 0 aliphatic carbocycles. The van der Waals surface area contributed by atoms with Gasteiger partial charge in [0.05, 0.1) is 0 Å². The lowest BCUT2D eigenvalue weighted by Gasteiger charge is -2.06. The van der Waals surface area contributed by atoms with Gasteiger partial charge < -0.3 is 16.4 Å². The molecule has 1 rings (SSSR count). The van der Waals surface area contributed by atoms with Gasteiger partial charge in [-0.15, -0.1) is 0 Å². The molecule has 5 heteroatoms. The minimum atomic E-state index is -0.352. The van der Waals surface area contributed by atoms with E-state index < -0.39 is 0 Å². The second-order valence-electron chi connectivity index (χ2n) is 3.06. The molecule has 0 saturated heterocycles. The maximum Gasteiger partial charge on any atom is 0.314 e. The number of benzene rings is 1. The van der Waals surface area contributed by atoms with Crippen LogP contribution >= 0.6 is 0 Å². The third kappa shape index (κ3) is 3.21. The lowest BCUT2D eigenvalue weighted by Crippen LogP contribution is -2.32. The summed E-state index contributed by atoms with van der Waals surface area (Å²) in [5.41, 5.74) is 6.54. The van der Waals surface area contributed by atoms with Crippen LogP contribution in [0.15, 0.2) is 18.2 Å². The fraction of sp³-hybridized carbons (Fsp3) is 0.300. The number of urea groups is 1. The van der Waals surface area contributed by atoms with Crippen molar-refractivity contribution in [1.29, 1.82) is 0 Å². The normalized spacial score (nSPS) is 9.80. The zero-order valence-electron chi connectivity index (χ0n) is 8.51. The van der Waals surface area contributed by atoms with Crippen LogP contribution in [0.1, 0.15) is 11.1 Å². The molecule has 0 radical (unpaired) electrons. The number of amides is 2. The Hall–Kier alpha value is -1.62. The van der Waals surface area contributed by atoms with Crippen molar-refractivity contribution >= 4 is 6.03 Å². The Labute approximate surface area is 87.7 Å². The molecule has 0 bridgehead atoms. The Morgan fingerprint density at radius 2 is 2.27 bits per heavy atom. The van der Waals surface area contributed by atoms with E-state index in [0.29, 0.717) is 12.1 Å². The topological polar surface area (TPSA) is 67.2 Å². The smallest absolute Gasteiger partial charge is 0.314 e. The largest absolute Gasteiger partial charge is 0.341 e. The number of nitrogens with two attached hydrogens (primary N) is 1. The Morgan fingerprint density at radius 1 is 1.53 bits per heavy atom. The van der Waals surface area contributed by atoms with Crippen molar-refractivity contribution in [3.63, 3.8) is 0 Å². The molecule has 82 valence electrons. The van der Waals surface area contributed by atoms with E-state index in [2.05, 4.69) is 10.6 Å². The summed E-state index contributed by atoms with van der Waals surface area (Å²) in [6, 6.07) is 4.40. The summed E-state index contributed by atoms with van der Waals surface area (Å²) in [4.78, 5) is 10.9. The van der Waals surface area contributed by atoms with Crippen LogP contribution in [-0.2, 0) is 13.1 Å². The van der Waals surface area contributed by atoms with Gasteiger partial charge in [0.2, 0.25) is 0 Å². The molecule has 0 aromatic heterocycles. The maximum atomic E-state index is 13.4. The highest BCUT2D eigenvalue weighted by Crippen LogP contribution is 2.09. The first-order valence-electron chi connectivity index (χ1n) is 4.60. The molecule has 0 heterocycles. The summed E-state index contributed by atoms with van der Waals surface area (Å²) in [5.74, 6) is -0.352. The van der Waals surface area contributed by atoms with Gasteiger partial charge >= 0.3 is 6.03 Å². The summed E-state index contributed by atoms with van der Waals surface area (Å²) >= 11 is 0. The number of carbonyl (C=O) groups is 1. The minimum absolute atomic E-state index is 0.163. The molecule has 0 fully saturated rings. The van der Waals surface area contributed by atoms with E-state index in [1.807, 2.05) is 0 Å². The highest BCUT2D eigenvalue weighted by Gasteiger charge is 2.04. The van der Waals surface area contributed by atoms with Crippen molar-refractivity contribution in [2.75, 3.05) is 7.05 Å². The molecule has 15 heavy (non-hydrogen) atoms. The van der Waals surface area contributed by atoms with E-state index in [0.717, 1.165) is 5.56 Å². The highest BCUT2D eigenvalue weighted by atomic mass is 19.1. The molecule has 4 nitrogen and oxygen atoms in total. The van der Waals surface area contributed by atoms with Gasteiger partial charge in [0.15, 0.2) is 0 Å². The monoisotopic (exact) mass is 211 g/mol. The Balaban J connectivity index is 2.66. The van der Waals surface area contributed by atoms with Crippen molar-refractivity contribution in [2.24, 2.45) is 5.73 Å². The molecule has 0 spiro atoms. The number of halogens is 1. The first-order chi connectivity index (χ1) is 7.17. The van der Waals surface area contributed by atoms with Crippen LogP contribution in [0, 0.1) is 5.82 Å². The average Bonchev–Trinajstić information content (AvgIpc) is 2.26. The molecular formula is C10H14FN3O. The average molecular weight is 211 g/mol. The molecule has 0 unspecified atom stereocenters. The molecule has 0 saturated carbocycles. The Morgan fingerprint density at radius 3 is 2.80 bits per heavy atom. The molecule has 4 N–H and O–H groups in total. The Bertz CT molecular complexity index is 355. The van der Waals surface area contributed by atoms with E-state index in [1.54, 1.807) is 12.1 Å². The predicted octanol–water partition coefficient (Wildman–Crippen LogP) is 0.713. The third-order valence-electron chi connectivity index (χ3n) is 2.02. The molecular weight excluding hydrogens is 197 g/mol. The Kier molecular flexibility index (Phi) is 4.05. The third-order valence-corrected chi connectivity index (χ3v) is 2.02.